The van der Waals surface area contributed by atoms with E-state index in [0.717, 1.165) is 11.1 Å². The summed E-state index contributed by atoms with van der Waals surface area (Å²) >= 11 is 1.89. The van der Waals surface area contributed by atoms with Crippen molar-refractivity contribution in [2.24, 2.45) is 0 Å². The molecule has 0 fully saturated rings. The zero-order valence-corrected chi connectivity index (χ0v) is 23.6. The van der Waals surface area contributed by atoms with Crippen LogP contribution < -0.4 is 0 Å². The van der Waals surface area contributed by atoms with E-state index in [1.165, 1.54) is 53.9 Å². The zero-order chi connectivity index (χ0) is 27.7. The molecule has 42 heavy (non-hydrogen) atoms. The van der Waals surface area contributed by atoms with Crippen molar-refractivity contribution in [2.45, 2.75) is 11.2 Å². The minimum absolute atomic E-state index is 0.708. The summed E-state index contributed by atoms with van der Waals surface area (Å²) in [4.78, 5) is 2.58. The molecule has 0 aliphatic carbocycles. The Morgan fingerprint density at radius 2 is 0.738 bits per heavy atom. The average molecular weight is 555 g/mol. The van der Waals surface area contributed by atoms with Crippen LogP contribution in [-0.2, 0) is 15.9 Å². The third-order valence-corrected chi connectivity index (χ3v) is 10.4. The van der Waals surface area contributed by atoms with Gasteiger partial charge in [0, 0.05) is 31.7 Å². The molecule has 2 bridgehead atoms. The normalized spacial score (nSPS) is 20.0. The lowest BCUT2D eigenvalue weighted by molar-refractivity contribution is -0.0257. The van der Waals surface area contributed by atoms with E-state index in [2.05, 4.69) is 158 Å². The number of hydrogen-bond acceptors (Lipinski definition) is 2. The molecule has 0 spiro atoms. The van der Waals surface area contributed by atoms with Gasteiger partial charge in [-0.25, -0.2) is 0 Å². The number of benzene rings is 6. The number of fused-ring (bicyclic) bond motifs is 9. The molecule has 0 N–H and O–H groups in total. The first-order chi connectivity index (χ1) is 20.8. The topological polar surface area (TPSA) is 9.23 Å². The Kier molecular flexibility index (Phi) is 5.05. The van der Waals surface area contributed by atoms with Crippen LogP contribution in [0.2, 0.25) is 0 Å². The molecule has 7 aromatic rings. The Labute approximate surface area is 249 Å². The van der Waals surface area contributed by atoms with Crippen molar-refractivity contribution < 1.29 is 4.74 Å². The van der Waals surface area contributed by atoms with Crippen molar-refractivity contribution in [1.82, 2.24) is 0 Å². The third kappa shape index (κ3) is 3.06. The maximum absolute atomic E-state index is 7.60. The minimum atomic E-state index is -0.708. The number of ether oxygens (including phenoxy) is 1. The second kappa shape index (κ2) is 8.87. The van der Waals surface area contributed by atoms with Crippen LogP contribution in [0.4, 0.5) is 0 Å². The largest absolute Gasteiger partial charge is 0.340 e. The summed E-state index contributed by atoms with van der Waals surface area (Å²) in [5, 5.41) is 2.55. The van der Waals surface area contributed by atoms with Crippen molar-refractivity contribution >= 4 is 22.1 Å². The highest BCUT2D eigenvalue weighted by Crippen LogP contribution is 2.67. The van der Waals surface area contributed by atoms with Gasteiger partial charge in [-0.05, 0) is 45.5 Å². The minimum Gasteiger partial charge on any atom is -0.340 e. The van der Waals surface area contributed by atoms with Gasteiger partial charge in [-0.15, -0.1) is 11.3 Å². The number of rotatable bonds is 4. The summed E-state index contributed by atoms with van der Waals surface area (Å²) in [6.07, 6.45) is 0. The van der Waals surface area contributed by atoms with Gasteiger partial charge in [0.2, 0.25) is 0 Å². The Morgan fingerprint density at radius 3 is 1.14 bits per heavy atom. The van der Waals surface area contributed by atoms with Crippen LogP contribution in [0.5, 0.6) is 0 Å². The van der Waals surface area contributed by atoms with E-state index in [4.69, 9.17) is 4.74 Å². The highest BCUT2D eigenvalue weighted by Gasteiger charge is 2.64. The Bertz CT molecular complexity index is 1950. The molecule has 2 atom stereocenters. The Morgan fingerprint density at radius 1 is 0.381 bits per heavy atom. The quantitative estimate of drug-likeness (QED) is 0.210. The van der Waals surface area contributed by atoms with Gasteiger partial charge in [0.1, 0.15) is 11.2 Å². The van der Waals surface area contributed by atoms with E-state index in [1.54, 1.807) is 0 Å². The second-order valence-corrected chi connectivity index (χ2v) is 12.2. The first-order valence-corrected chi connectivity index (χ1v) is 15.3. The van der Waals surface area contributed by atoms with E-state index in [1.807, 2.05) is 11.3 Å². The first kappa shape index (κ1) is 23.9. The van der Waals surface area contributed by atoms with Gasteiger partial charge in [-0.2, -0.15) is 0 Å². The first-order valence-electron chi connectivity index (χ1n) is 14.4. The van der Waals surface area contributed by atoms with Crippen LogP contribution in [0.3, 0.4) is 0 Å². The lowest BCUT2D eigenvalue weighted by Gasteiger charge is -2.30. The molecule has 2 aliphatic heterocycles. The standard InChI is InChI=1S/C40H26OS/c1-5-15-27(16-6-1)37-31-25-35-36(26-32(31)38(42-37)28-17-7-2-8-18-28)40(30-21-11-4-12-22-30)34-24-14-13-23-33(34)39(35,41-40)29-19-9-3-10-20-29/h1-26H. The molecule has 1 aromatic heterocycles. The SMILES string of the molecule is c1ccc(-c2sc(-c3ccccc3)c3cc4c(cc23)C2(c3ccccc3)OC4(c3ccccc3)c3ccccc32)cc1. The second-order valence-electron chi connectivity index (χ2n) is 11.2. The van der Waals surface area contributed by atoms with E-state index in [-0.39, 0.29) is 0 Å². The van der Waals surface area contributed by atoms with Crippen molar-refractivity contribution in [3.8, 4) is 20.9 Å². The Hall–Kier alpha value is -4.76. The molecule has 0 radical (unpaired) electrons. The van der Waals surface area contributed by atoms with Crippen molar-refractivity contribution in [1.29, 1.82) is 0 Å². The van der Waals surface area contributed by atoms with Gasteiger partial charge in [0.25, 0.3) is 0 Å². The molecule has 0 saturated heterocycles. The van der Waals surface area contributed by atoms with Crippen LogP contribution in [-0.4, -0.2) is 0 Å². The van der Waals surface area contributed by atoms with Crippen molar-refractivity contribution in [3.05, 3.63) is 191 Å². The van der Waals surface area contributed by atoms with Crippen LogP contribution >= 0.6 is 11.3 Å². The van der Waals surface area contributed by atoms with Crippen LogP contribution in [0, 0.1) is 0 Å². The molecular formula is C40H26OS. The summed E-state index contributed by atoms with van der Waals surface area (Å²) in [6.45, 7) is 0. The smallest absolute Gasteiger partial charge is 0.146 e. The van der Waals surface area contributed by atoms with Crippen molar-refractivity contribution in [3.63, 3.8) is 0 Å². The summed E-state index contributed by atoms with van der Waals surface area (Å²) in [5.74, 6) is 0. The average Bonchev–Trinajstić information content (AvgIpc) is 3.71. The summed E-state index contributed by atoms with van der Waals surface area (Å²) < 4.78 is 7.60. The fraction of sp³-hybridized carbons (Fsp3) is 0.0500. The lowest BCUT2D eigenvalue weighted by atomic mass is 9.68. The molecule has 1 nitrogen and oxygen atoms in total. The van der Waals surface area contributed by atoms with Gasteiger partial charge in [0.15, 0.2) is 0 Å². The van der Waals surface area contributed by atoms with Crippen LogP contribution in [0.25, 0.3) is 31.7 Å². The summed E-state index contributed by atoms with van der Waals surface area (Å²) in [5.41, 5.74) is 8.31. The fourth-order valence-corrected chi connectivity index (χ4v) is 8.57. The van der Waals surface area contributed by atoms with Gasteiger partial charge < -0.3 is 4.74 Å². The monoisotopic (exact) mass is 554 g/mol. The molecule has 0 amide bonds. The van der Waals surface area contributed by atoms with E-state index < -0.39 is 11.2 Å². The predicted molar refractivity (Wildman–Crippen MR) is 173 cm³/mol. The molecule has 6 aromatic carbocycles. The molecule has 2 aliphatic rings. The van der Waals surface area contributed by atoms with Gasteiger partial charge in [0.05, 0.1) is 0 Å². The van der Waals surface area contributed by atoms with Gasteiger partial charge >= 0.3 is 0 Å². The number of thiophene rings is 1. The molecule has 2 unspecified atom stereocenters. The van der Waals surface area contributed by atoms with Crippen LogP contribution in [0.15, 0.2) is 158 Å². The molecule has 3 heterocycles. The highest BCUT2D eigenvalue weighted by atomic mass is 32.1. The summed E-state index contributed by atoms with van der Waals surface area (Å²) in [6, 6.07) is 56.9. The molecule has 2 heteroatoms. The van der Waals surface area contributed by atoms with E-state index in [0.29, 0.717) is 0 Å². The fourth-order valence-electron chi connectivity index (χ4n) is 7.30. The molecule has 9 rings (SSSR count). The van der Waals surface area contributed by atoms with Gasteiger partial charge in [-0.3, -0.25) is 0 Å². The third-order valence-electron chi connectivity index (χ3n) is 9.03. The maximum atomic E-state index is 7.60. The van der Waals surface area contributed by atoms with Crippen molar-refractivity contribution in [2.75, 3.05) is 0 Å². The highest BCUT2D eigenvalue weighted by molar-refractivity contribution is 7.21. The van der Waals surface area contributed by atoms with E-state index in [9.17, 15) is 0 Å². The molecular weight excluding hydrogens is 529 g/mol. The summed E-state index contributed by atoms with van der Waals surface area (Å²) in [7, 11) is 0. The molecule has 0 saturated carbocycles. The Balaban J connectivity index is 1.45. The van der Waals surface area contributed by atoms with E-state index >= 15 is 0 Å². The molecule has 198 valence electrons. The predicted octanol–water partition coefficient (Wildman–Crippen LogP) is 10.2. The number of hydrogen-bond donors (Lipinski definition) is 0. The van der Waals surface area contributed by atoms with Crippen LogP contribution in [0.1, 0.15) is 33.4 Å². The van der Waals surface area contributed by atoms with Gasteiger partial charge in [-0.1, -0.05) is 146 Å². The zero-order valence-electron chi connectivity index (χ0n) is 22.8. The lowest BCUT2D eigenvalue weighted by Crippen LogP contribution is -2.26. The maximum Gasteiger partial charge on any atom is 0.146 e.